The van der Waals surface area contributed by atoms with Gasteiger partial charge in [0.2, 0.25) is 0 Å². The zero-order valence-corrected chi connectivity index (χ0v) is 69.0. The van der Waals surface area contributed by atoms with Crippen LogP contribution in [0.1, 0.15) is 76.4 Å². The van der Waals surface area contributed by atoms with Gasteiger partial charge in [-0.2, -0.15) is 0 Å². The van der Waals surface area contributed by atoms with E-state index in [9.17, 15) is 0 Å². The summed E-state index contributed by atoms with van der Waals surface area (Å²) in [6, 6.07) is 173. The van der Waals surface area contributed by atoms with Crippen LogP contribution in [0.5, 0.6) is 0 Å². The van der Waals surface area contributed by atoms with E-state index in [4.69, 9.17) is 0 Å². The van der Waals surface area contributed by atoms with Crippen molar-refractivity contribution in [1.82, 2.24) is 0 Å². The number of fused-ring (bicyclic) bond motifs is 18. The molecule has 0 amide bonds. The minimum absolute atomic E-state index is 0.0428. The predicted molar refractivity (Wildman–Crippen MR) is 520 cm³/mol. The van der Waals surface area contributed by atoms with Crippen molar-refractivity contribution in [2.45, 2.75) is 10.8 Å². The van der Waals surface area contributed by atoms with Gasteiger partial charge in [-0.05, 0) is 297 Å². The molecule has 2 spiro atoms. The fourth-order valence-electron chi connectivity index (χ4n) is 20.7. The highest BCUT2D eigenvalue weighted by Gasteiger charge is 2.54. The van der Waals surface area contributed by atoms with Crippen molar-refractivity contribution >= 4 is 11.6 Å². The van der Waals surface area contributed by atoms with Crippen molar-refractivity contribution < 1.29 is 9.59 Å². The summed E-state index contributed by atoms with van der Waals surface area (Å²) in [6.07, 6.45) is 0. The molecule has 0 heterocycles. The van der Waals surface area contributed by atoms with E-state index in [1.54, 1.807) is 0 Å². The van der Waals surface area contributed by atoms with Crippen LogP contribution in [0.25, 0.3) is 156 Å². The number of carbonyl (C=O) groups is 2. The SMILES string of the molecule is O=C1c2cc(-c3cc(-c4ccccc4)cc(-c4ccccc4)c3)ccc2C2(c3cc(-c4cc(-c5ccccc5)cc(-c5ccccc5)c4)ccc31)c1ccccc1-c1ccccc12.O=C1c2cc(-c3cc(-c4ccccc4)cc(-c4ccccc4)c3)ccc2C2(c3ccc(-c4cc(-c5ccccc5)cc(-c5ccccc5)c4)cc31)c1ccccc1-c1ccccc12. The van der Waals surface area contributed by atoms with Crippen LogP contribution in [0, 0.1) is 0 Å². The molecule has 0 atom stereocenters. The maximum Gasteiger partial charge on any atom is 0.193 e. The molecule has 0 saturated heterocycles. The molecule has 0 saturated carbocycles. The highest BCUT2D eigenvalue weighted by Crippen LogP contribution is 2.62. The van der Waals surface area contributed by atoms with E-state index in [2.05, 4.69) is 485 Å². The van der Waals surface area contributed by atoms with Crippen LogP contribution in [0.3, 0.4) is 0 Å². The third kappa shape index (κ3) is 12.6. The summed E-state index contributed by atoms with van der Waals surface area (Å²) in [5.41, 5.74) is 42.0. The van der Waals surface area contributed by atoms with Gasteiger partial charge < -0.3 is 0 Å². The first kappa shape index (κ1) is 74.8. The standard InChI is InChI=1S/2C62H40O/c63-61-55-31-29-46(52-37-49(43-21-9-3-10-22-43)34-50(38-52)44-23-11-4-12-24-44)40-60(55)62(57-27-15-13-25-53(57)54-26-14-16-28-58(54)62)59-32-30-45(39-56(59)61)51-35-47(41-17-5-1-6-18-41)33-48(36-51)42-19-7-2-8-20-42;63-61-55-39-45(51-35-47(41-17-5-1-6-18-41)33-48(36-51)42-19-7-2-8-20-42)29-31-59(55)62(57-27-15-13-25-53(57)54-26-14-16-28-58(54)62)60-32-30-46(40-56(60)61)52-37-49(43-21-9-3-10-22-43)34-50(38-52)44-23-11-4-12-24-44/h2*1-40H. The van der Waals surface area contributed by atoms with E-state index < -0.39 is 10.8 Å². The Hall–Kier alpha value is -16.3. The molecule has 0 fully saturated rings. The zero-order chi connectivity index (χ0) is 83.8. The van der Waals surface area contributed by atoms with Gasteiger partial charge in [0.25, 0.3) is 0 Å². The Bertz CT molecular complexity index is 7180. The Labute approximate surface area is 734 Å². The molecule has 20 aromatic carbocycles. The molecule has 4 aliphatic carbocycles. The van der Waals surface area contributed by atoms with Gasteiger partial charge in [0.05, 0.1) is 10.8 Å². The van der Waals surface area contributed by atoms with Crippen LogP contribution in [0.2, 0.25) is 0 Å². The van der Waals surface area contributed by atoms with Crippen molar-refractivity contribution in [1.29, 1.82) is 0 Å². The summed E-state index contributed by atoms with van der Waals surface area (Å²) in [6.45, 7) is 0. The Kier molecular flexibility index (Phi) is 18.4. The largest absolute Gasteiger partial charge is 0.289 e. The zero-order valence-electron chi connectivity index (χ0n) is 69.0. The van der Waals surface area contributed by atoms with Gasteiger partial charge in [0.1, 0.15) is 0 Å². The molecule has 2 nitrogen and oxygen atoms in total. The van der Waals surface area contributed by atoms with Crippen LogP contribution in [0.4, 0.5) is 0 Å². The topological polar surface area (TPSA) is 34.1 Å². The fourth-order valence-corrected chi connectivity index (χ4v) is 20.7. The number of hydrogen-bond donors (Lipinski definition) is 0. The van der Waals surface area contributed by atoms with Crippen LogP contribution in [-0.4, -0.2) is 11.6 Å². The normalized spacial score (nSPS) is 12.9. The minimum atomic E-state index is -0.722. The second-order valence-electron chi connectivity index (χ2n) is 33.5. The first-order valence-corrected chi connectivity index (χ1v) is 43.4. The van der Waals surface area contributed by atoms with Crippen LogP contribution < -0.4 is 0 Å². The first-order chi connectivity index (χ1) is 62.3. The molecule has 0 radical (unpaired) electrons. The molecule has 588 valence electrons. The molecular weight excluding hydrogens is 1520 g/mol. The molecular formula is C124H80O2. The molecule has 2 heteroatoms. The highest BCUT2D eigenvalue weighted by molar-refractivity contribution is 6.17. The number of rotatable bonds is 12. The molecule has 0 bridgehead atoms. The maximum atomic E-state index is 15.6. The maximum absolute atomic E-state index is 15.6. The number of carbonyl (C=O) groups excluding carboxylic acids is 2. The Balaban J connectivity index is 0.000000145. The van der Waals surface area contributed by atoms with Gasteiger partial charge in [-0.25, -0.2) is 0 Å². The summed E-state index contributed by atoms with van der Waals surface area (Å²) in [5, 5.41) is 0. The predicted octanol–water partition coefficient (Wildman–Crippen LogP) is 31.2. The highest BCUT2D eigenvalue weighted by atomic mass is 16.1. The number of ketones is 2. The molecule has 0 unspecified atom stereocenters. The minimum Gasteiger partial charge on any atom is -0.289 e. The number of hydrogen-bond acceptors (Lipinski definition) is 2. The summed E-state index contributed by atoms with van der Waals surface area (Å²) >= 11 is 0. The Morgan fingerprint density at radius 2 is 0.270 bits per heavy atom. The van der Waals surface area contributed by atoms with Crippen molar-refractivity contribution in [2.24, 2.45) is 0 Å². The average molecular weight is 1600 g/mol. The van der Waals surface area contributed by atoms with E-state index >= 15 is 9.59 Å². The molecule has 4 aliphatic rings. The molecule has 0 aliphatic heterocycles. The molecule has 0 aromatic heterocycles. The molecule has 126 heavy (non-hydrogen) atoms. The summed E-state index contributed by atoms with van der Waals surface area (Å²) < 4.78 is 0. The lowest BCUT2D eigenvalue weighted by Gasteiger charge is -2.40. The van der Waals surface area contributed by atoms with Gasteiger partial charge in [-0.3, -0.25) is 9.59 Å². The third-order valence-corrected chi connectivity index (χ3v) is 26.5. The lowest BCUT2D eigenvalue weighted by molar-refractivity contribution is 0.102. The monoisotopic (exact) mass is 1600 g/mol. The molecule has 0 N–H and O–H groups in total. The van der Waals surface area contributed by atoms with E-state index in [1.165, 1.54) is 44.5 Å². The van der Waals surface area contributed by atoms with Crippen molar-refractivity contribution in [3.63, 3.8) is 0 Å². The van der Waals surface area contributed by atoms with Crippen molar-refractivity contribution in [2.75, 3.05) is 0 Å². The van der Waals surface area contributed by atoms with Gasteiger partial charge in [-0.15, -0.1) is 0 Å². The lowest BCUT2D eigenvalue weighted by Crippen LogP contribution is -2.36. The van der Waals surface area contributed by atoms with Gasteiger partial charge in [0, 0.05) is 22.3 Å². The van der Waals surface area contributed by atoms with Crippen LogP contribution in [0.15, 0.2) is 485 Å². The van der Waals surface area contributed by atoms with Crippen LogP contribution in [-0.2, 0) is 10.8 Å². The lowest BCUT2D eigenvalue weighted by atomic mass is 9.60. The van der Waals surface area contributed by atoms with Gasteiger partial charge >= 0.3 is 0 Å². The first-order valence-electron chi connectivity index (χ1n) is 43.4. The Morgan fingerprint density at radius 1 is 0.103 bits per heavy atom. The summed E-state index contributed by atoms with van der Waals surface area (Å²) in [4.78, 5) is 31.0. The third-order valence-electron chi connectivity index (χ3n) is 26.5. The number of benzene rings is 20. The molecule has 20 aromatic rings. The van der Waals surface area contributed by atoms with Crippen LogP contribution >= 0.6 is 0 Å². The molecule has 24 rings (SSSR count). The average Bonchev–Trinajstić information content (AvgIpc) is 1.48. The van der Waals surface area contributed by atoms with Crippen molar-refractivity contribution in [3.8, 4) is 156 Å². The summed E-state index contributed by atoms with van der Waals surface area (Å²) in [7, 11) is 0. The second-order valence-corrected chi connectivity index (χ2v) is 33.5. The van der Waals surface area contributed by atoms with E-state index in [-0.39, 0.29) is 11.6 Å². The second kappa shape index (κ2) is 31.0. The Morgan fingerprint density at radius 3 is 0.500 bits per heavy atom. The van der Waals surface area contributed by atoms with Crippen molar-refractivity contribution in [3.05, 3.63) is 552 Å². The van der Waals surface area contributed by atoms with E-state index in [1.807, 2.05) is 0 Å². The fraction of sp³-hybridized carbons (Fsp3) is 0.0161. The quantitative estimate of drug-likeness (QED) is 0.122. The van der Waals surface area contributed by atoms with E-state index in [0.29, 0.717) is 0 Å². The van der Waals surface area contributed by atoms with Gasteiger partial charge in [-0.1, -0.05) is 388 Å². The summed E-state index contributed by atoms with van der Waals surface area (Å²) in [5.74, 6) is 0.0903. The van der Waals surface area contributed by atoms with Gasteiger partial charge in [0.15, 0.2) is 11.6 Å². The smallest absolute Gasteiger partial charge is 0.193 e. The van der Waals surface area contributed by atoms with E-state index in [0.717, 1.165) is 178 Å².